The Bertz CT molecular complexity index is 950. The predicted octanol–water partition coefficient (Wildman–Crippen LogP) is 3.41. The molecule has 1 aliphatic heterocycles. The van der Waals surface area contributed by atoms with Crippen molar-refractivity contribution in [2.45, 2.75) is 6.42 Å². The summed E-state index contributed by atoms with van der Waals surface area (Å²) in [6.45, 7) is 3.20. The van der Waals surface area contributed by atoms with Gasteiger partial charge in [-0.15, -0.1) is 12.4 Å². The summed E-state index contributed by atoms with van der Waals surface area (Å²) in [7, 11) is 1.64. The molecule has 2 aromatic carbocycles. The van der Waals surface area contributed by atoms with Crippen molar-refractivity contribution in [3.8, 4) is 22.7 Å². The van der Waals surface area contributed by atoms with E-state index < -0.39 is 0 Å². The van der Waals surface area contributed by atoms with Gasteiger partial charge in [-0.25, -0.2) is 4.68 Å². The van der Waals surface area contributed by atoms with E-state index >= 15 is 0 Å². The monoisotopic (exact) mass is 412 g/mol. The Labute approximate surface area is 176 Å². The third-order valence-corrected chi connectivity index (χ3v) is 4.94. The molecule has 1 aliphatic rings. The first-order chi connectivity index (χ1) is 13.8. The highest BCUT2D eigenvalue weighted by molar-refractivity contribution is 6.00. The third kappa shape index (κ3) is 4.60. The zero-order chi connectivity index (χ0) is 19.3. The molecule has 0 unspecified atom stereocenters. The SMILES string of the molecule is COc1cccc(-c2nn(-c3ccccc3)cc2C(=O)N2CCCNCC2)c1.Cl. The van der Waals surface area contributed by atoms with Crippen molar-refractivity contribution in [2.75, 3.05) is 33.3 Å². The number of nitrogens with one attached hydrogen (secondary N) is 1. The van der Waals surface area contributed by atoms with Gasteiger partial charge in [0.1, 0.15) is 11.4 Å². The molecule has 0 radical (unpaired) electrons. The number of ether oxygens (including phenoxy) is 1. The van der Waals surface area contributed by atoms with Crippen molar-refractivity contribution >= 4 is 18.3 Å². The quantitative estimate of drug-likeness (QED) is 0.713. The molecule has 0 saturated carbocycles. The first-order valence-corrected chi connectivity index (χ1v) is 9.56. The molecule has 4 rings (SSSR count). The summed E-state index contributed by atoms with van der Waals surface area (Å²) in [5, 5.41) is 8.11. The number of benzene rings is 2. The maximum absolute atomic E-state index is 13.4. The van der Waals surface area contributed by atoms with Gasteiger partial charge in [0.2, 0.25) is 0 Å². The van der Waals surface area contributed by atoms with E-state index in [9.17, 15) is 4.79 Å². The molecule has 3 aromatic rings. The molecule has 1 saturated heterocycles. The highest BCUT2D eigenvalue weighted by Crippen LogP contribution is 2.28. The number of aromatic nitrogens is 2. The van der Waals surface area contributed by atoms with Crippen LogP contribution in [0.5, 0.6) is 5.75 Å². The fourth-order valence-electron chi connectivity index (χ4n) is 3.45. The molecule has 1 N–H and O–H groups in total. The fraction of sp³-hybridized carbons (Fsp3) is 0.273. The number of carbonyl (C=O) groups excluding carboxylic acids is 1. The molecular formula is C22H25ClN4O2. The Kier molecular flexibility index (Phi) is 6.90. The van der Waals surface area contributed by atoms with Crippen LogP contribution in [0.2, 0.25) is 0 Å². The Morgan fingerprint density at radius 2 is 1.90 bits per heavy atom. The van der Waals surface area contributed by atoms with Crippen LogP contribution in [-0.2, 0) is 0 Å². The first kappa shape index (κ1) is 20.9. The molecule has 0 bridgehead atoms. The van der Waals surface area contributed by atoms with Crippen LogP contribution in [0.4, 0.5) is 0 Å². The summed E-state index contributed by atoms with van der Waals surface area (Å²) in [6, 6.07) is 17.5. The van der Waals surface area contributed by atoms with Crippen LogP contribution in [0.25, 0.3) is 16.9 Å². The maximum atomic E-state index is 13.4. The molecule has 0 spiro atoms. The van der Waals surface area contributed by atoms with Gasteiger partial charge in [0.05, 0.1) is 18.4 Å². The number of halogens is 1. The van der Waals surface area contributed by atoms with Gasteiger partial charge in [-0.1, -0.05) is 30.3 Å². The molecule has 152 valence electrons. The number of rotatable bonds is 4. The zero-order valence-electron chi connectivity index (χ0n) is 16.4. The molecule has 29 heavy (non-hydrogen) atoms. The van der Waals surface area contributed by atoms with Crippen molar-refractivity contribution in [1.29, 1.82) is 0 Å². The lowest BCUT2D eigenvalue weighted by Gasteiger charge is -2.19. The van der Waals surface area contributed by atoms with Gasteiger partial charge in [0.25, 0.3) is 5.91 Å². The number of hydrogen-bond donors (Lipinski definition) is 1. The van der Waals surface area contributed by atoms with Gasteiger partial charge in [-0.3, -0.25) is 4.79 Å². The average Bonchev–Trinajstić information content (AvgIpc) is 3.02. The van der Waals surface area contributed by atoms with Crippen LogP contribution in [0.15, 0.2) is 60.8 Å². The largest absolute Gasteiger partial charge is 0.497 e. The summed E-state index contributed by atoms with van der Waals surface area (Å²) in [4.78, 5) is 15.3. The van der Waals surface area contributed by atoms with Crippen molar-refractivity contribution in [1.82, 2.24) is 20.0 Å². The minimum Gasteiger partial charge on any atom is -0.497 e. The lowest BCUT2D eigenvalue weighted by Crippen LogP contribution is -2.34. The lowest BCUT2D eigenvalue weighted by molar-refractivity contribution is 0.0767. The minimum absolute atomic E-state index is 0. The van der Waals surface area contributed by atoms with E-state index in [1.54, 1.807) is 11.8 Å². The lowest BCUT2D eigenvalue weighted by atomic mass is 10.1. The number of amides is 1. The van der Waals surface area contributed by atoms with Crippen LogP contribution >= 0.6 is 12.4 Å². The molecule has 1 amide bonds. The predicted molar refractivity (Wildman–Crippen MR) is 116 cm³/mol. The second-order valence-corrected chi connectivity index (χ2v) is 6.80. The smallest absolute Gasteiger partial charge is 0.257 e. The van der Waals surface area contributed by atoms with Crippen LogP contribution in [-0.4, -0.2) is 53.9 Å². The highest BCUT2D eigenvalue weighted by atomic mass is 35.5. The van der Waals surface area contributed by atoms with Gasteiger partial charge >= 0.3 is 0 Å². The number of methoxy groups -OCH3 is 1. The fourth-order valence-corrected chi connectivity index (χ4v) is 3.45. The van der Waals surface area contributed by atoms with Crippen molar-refractivity contribution in [2.24, 2.45) is 0 Å². The molecule has 0 atom stereocenters. The molecule has 1 aromatic heterocycles. The number of nitrogens with zero attached hydrogens (tertiary/aromatic N) is 3. The topological polar surface area (TPSA) is 59.4 Å². The third-order valence-electron chi connectivity index (χ3n) is 4.94. The number of carbonyl (C=O) groups is 1. The van der Waals surface area contributed by atoms with E-state index in [2.05, 4.69) is 5.32 Å². The van der Waals surface area contributed by atoms with E-state index in [4.69, 9.17) is 9.84 Å². The Balaban J connectivity index is 0.00000240. The molecular weight excluding hydrogens is 388 g/mol. The second kappa shape index (κ2) is 9.58. The summed E-state index contributed by atoms with van der Waals surface area (Å²) >= 11 is 0. The summed E-state index contributed by atoms with van der Waals surface area (Å²) in [5.41, 5.74) is 3.07. The normalized spacial score (nSPS) is 14.0. The van der Waals surface area contributed by atoms with Gasteiger partial charge < -0.3 is 15.0 Å². The van der Waals surface area contributed by atoms with Crippen LogP contribution in [0, 0.1) is 0 Å². The van der Waals surface area contributed by atoms with E-state index in [1.165, 1.54) is 0 Å². The average molecular weight is 413 g/mol. The molecule has 7 heteroatoms. The van der Waals surface area contributed by atoms with Gasteiger partial charge in [-0.05, 0) is 37.2 Å². The second-order valence-electron chi connectivity index (χ2n) is 6.80. The van der Waals surface area contributed by atoms with E-state index in [-0.39, 0.29) is 18.3 Å². The van der Waals surface area contributed by atoms with Crippen LogP contribution in [0.3, 0.4) is 0 Å². The summed E-state index contributed by atoms with van der Waals surface area (Å²) in [5.74, 6) is 0.757. The maximum Gasteiger partial charge on any atom is 0.257 e. The first-order valence-electron chi connectivity index (χ1n) is 9.56. The summed E-state index contributed by atoms with van der Waals surface area (Å²) in [6.07, 6.45) is 2.79. The Hall–Kier alpha value is -2.83. The number of hydrogen-bond acceptors (Lipinski definition) is 4. The number of para-hydroxylation sites is 1. The van der Waals surface area contributed by atoms with E-state index in [1.807, 2.05) is 65.7 Å². The van der Waals surface area contributed by atoms with Gasteiger partial charge in [0.15, 0.2) is 0 Å². The van der Waals surface area contributed by atoms with E-state index in [0.717, 1.165) is 43.1 Å². The molecule has 6 nitrogen and oxygen atoms in total. The highest BCUT2D eigenvalue weighted by Gasteiger charge is 2.24. The van der Waals surface area contributed by atoms with Crippen LogP contribution in [0.1, 0.15) is 16.8 Å². The minimum atomic E-state index is 0. The van der Waals surface area contributed by atoms with Crippen molar-refractivity contribution in [3.63, 3.8) is 0 Å². The molecule has 1 fully saturated rings. The van der Waals surface area contributed by atoms with Crippen molar-refractivity contribution in [3.05, 3.63) is 66.4 Å². The van der Waals surface area contributed by atoms with Crippen LogP contribution < -0.4 is 10.1 Å². The Morgan fingerprint density at radius 3 is 2.69 bits per heavy atom. The summed E-state index contributed by atoms with van der Waals surface area (Å²) < 4.78 is 7.14. The molecule has 0 aliphatic carbocycles. The van der Waals surface area contributed by atoms with E-state index in [0.29, 0.717) is 17.8 Å². The van der Waals surface area contributed by atoms with Gasteiger partial charge in [0, 0.05) is 31.4 Å². The zero-order valence-corrected chi connectivity index (χ0v) is 17.2. The standard InChI is InChI=1S/C22H24N4O2.ClH/c1-28-19-10-5-7-17(15-19)21-20(22(27)25-13-6-11-23-12-14-25)16-26(24-21)18-8-3-2-4-9-18;/h2-5,7-10,15-16,23H,6,11-14H2,1H3;1H. The molecule has 2 heterocycles. The van der Waals surface area contributed by atoms with Gasteiger partial charge in [-0.2, -0.15) is 5.10 Å². The van der Waals surface area contributed by atoms with Crippen molar-refractivity contribution < 1.29 is 9.53 Å². The Morgan fingerprint density at radius 1 is 1.07 bits per heavy atom.